The molecule has 0 radical (unpaired) electrons. The number of hydrogen-bond acceptors (Lipinski definition) is 3. The highest BCUT2D eigenvalue weighted by molar-refractivity contribution is 5.51. The number of nitrogens with zero attached hydrogens (tertiary/aromatic N) is 2. The van der Waals surface area contributed by atoms with E-state index < -0.39 is 5.82 Å². The number of rotatable bonds is 2. The number of nitriles is 2. The van der Waals surface area contributed by atoms with E-state index in [4.69, 9.17) is 10.5 Å². The molecule has 15 heavy (non-hydrogen) atoms. The first kappa shape index (κ1) is 10.7. The number of aryl methyl sites for hydroxylation is 1. The van der Waals surface area contributed by atoms with Crippen molar-refractivity contribution in [3.8, 4) is 12.1 Å². The molecular formula is C11H8FN3. The summed E-state index contributed by atoms with van der Waals surface area (Å²) in [6, 6.07) is 7.90. The lowest BCUT2D eigenvalue weighted by Crippen LogP contribution is -1.93. The molecule has 4 heteroatoms. The number of allylic oxidation sites excluding steroid dienone is 1. The van der Waals surface area contributed by atoms with E-state index >= 15 is 0 Å². The Bertz CT molecular complexity index is 462. The molecule has 0 saturated heterocycles. The molecule has 0 aliphatic rings. The zero-order valence-corrected chi connectivity index (χ0v) is 8.08. The van der Waals surface area contributed by atoms with Gasteiger partial charge >= 0.3 is 0 Å². The van der Waals surface area contributed by atoms with Gasteiger partial charge in [-0.1, -0.05) is 6.07 Å². The van der Waals surface area contributed by atoms with Gasteiger partial charge in [-0.25, -0.2) is 4.39 Å². The second-order valence-electron chi connectivity index (χ2n) is 2.91. The van der Waals surface area contributed by atoms with Gasteiger partial charge < -0.3 is 5.32 Å². The minimum absolute atomic E-state index is 0.101. The normalized spacial score (nSPS) is 8.53. The topological polar surface area (TPSA) is 59.6 Å². The van der Waals surface area contributed by atoms with Crippen molar-refractivity contribution in [2.45, 2.75) is 6.92 Å². The van der Waals surface area contributed by atoms with E-state index in [-0.39, 0.29) is 11.3 Å². The van der Waals surface area contributed by atoms with Crippen LogP contribution in [-0.2, 0) is 0 Å². The third-order valence-electron chi connectivity index (χ3n) is 1.73. The largest absolute Gasteiger partial charge is 0.357 e. The smallest absolute Gasteiger partial charge is 0.146 e. The molecule has 1 aromatic carbocycles. The summed E-state index contributed by atoms with van der Waals surface area (Å²) in [4.78, 5) is 0. The Kier molecular flexibility index (Phi) is 3.43. The summed E-state index contributed by atoms with van der Waals surface area (Å²) in [7, 11) is 0. The maximum absolute atomic E-state index is 13.2. The second kappa shape index (κ2) is 4.78. The number of nitrogens with one attached hydrogen (secondary N) is 1. The maximum atomic E-state index is 13.2. The first-order valence-electron chi connectivity index (χ1n) is 4.20. The van der Waals surface area contributed by atoms with E-state index in [1.165, 1.54) is 12.3 Å². The lowest BCUT2D eigenvalue weighted by Gasteiger charge is -2.03. The maximum Gasteiger partial charge on any atom is 0.146 e. The van der Waals surface area contributed by atoms with Crippen molar-refractivity contribution >= 4 is 5.69 Å². The van der Waals surface area contributed by atoms with Gasteiger partial charge in [0.25, 0.3) is 0 Å². The Morgan fingerprint density at radius 3 is 2.67 bits per heavy atom. The average molecular weight is 201 g/mol. The van der Waals surface area contributed by atoms with Crippen LogP contribution in [0.2, 0.25) is 0 Å². The summed E-state index contributed by atoms with van der Waals surface area (Å²) >= 11 is 0. The van der Waals surface area contributed by atoms with Crippen LogP contribution in [0.3, 0.4) is 0 Å². The molecule has 0 heterocycles. The Morgan fingerprint density at radius 2 is 2.07 bits per heavy atom. The van der Waals surface area contributed by atoms with Crippen molar-refractivity contribution in [2.75, 3.05) is 5.32 Å². The highest BCUT2D eigenvalue weighted by Crippen LogP contribution is 2.15. The van der Waals surface area contributed by atoms with Crippen LogP contribution in [0.5, 0.6) is 0 Å². The summed E-state index contributed by atoms with van der Waals surface area (Å²) in [6.07, 6.45) is 1.18. The van der Waals surface area contributed by atoms with Gasteiger partial charge in [-0.15, -0.1) is 0 Å². The van der Waals surface area contributed by atoms with Gasteiger partial charge in [0.05, 0.1) is 5.69 Å². The number of hydrogen-bond donors (Lipinski definition) is 1. The Balaban J connectivity index is 2.92. The molecule has 0 spiro atoms. The van der Waals surface area contributed by atoms with E-state index in [2.05, 4.69) is 5.32 Å². The van der Waals surface area contributed by atoms with Gasteiger partial charge in [-0.2, -0.15) is 10.5 Å². The molecule has 0 bridgehead atoms. The third-order valence-corrected chi connectivity index (χ3v) is 1.73. The zero-order chi connectivity index (χ0) is 11.3. The van der Waals surface area contributed by atoms with Gasteiger partial charge in [0.1, 0.15) is 23.5 Å². The molecule has 0 aliphatic heterocycles. The fraction of sp³-hybridized carbons (Fsp3) is 0.0909. The van der Waals surface area contributed by atoms with Crippen molar-refractivity contribution in [1.29, 1.82) is 10.5 Å². The molecule has 1 aromatic rings. The van der Waals surface area contributed by atoms with Gasteiger partial charge in [0.15, 0.2) is 0 Å². The first-order chi connectivity index (χ1) is 7.17. The van der Waals surface area contributed by atoms with Crippen LogP contribution in [0.4, 0.5) is 10.1 Å². The molecule has 0 unspecified atom stereocenters. The number of anilines is 1. The van der Waals surface area contributed by atoms with Gasteiger partial charge in [0.2, 0.25) is 0 Å². The lowest BCUT2D eigenvalue weighted by atomic mass is 10.2. The minimum atomic E-state index is -0.424. The molecule has 3 nitrogen and oxygen atoms in total. The van der Waals surface area contributed by atoms with Crippen molar-refractivity contribution in [3.63, 3.8) is 0 Å². The van der Waals surface area contributed by atoms with Gasteiger partial charge in [-0.3, -0.25) is 0 Å². The molecular weight excluding hydrogens is 193 g/mol. The van der Waals surface area contributed by atoms with Crippen molar-refractivity contribution < 1.29 is 4.39 Å². The quantitative estimate of drug-likeness (QED) is 0.747. The monoisotopic (exact) mass is 201 g/mol. The molecule has 0 aromatic heterocycles. The third kappa shape index (κ3) is 2.82. The Labute approximate surface area is 87.1 Å². The SMILES string of the molecule is Cc1ccc(F)c(NC=C(C#N)C#N)c1. The standard InChI is InChI=1S/C11H8FN3/c1-8-2-3-10(12)11(4-8)15-7-9(5-13)6-14/h2-4,7,15H,1H3. The second-order valence-corrected chi connectivity index (χ2v) is 2.91. The Morgan fingerprint density at radius 1 is 1.40 bits per heavy atom. The summed E-state index contributed by atoms with van der Waals surface area (Å²) in [5.41, 5.74) is 1.04. The molecule has 0 amide bonds. The predicted molar refractivity (Wildman–Crippen MR) is 54.1 cm³/mol. The molecule has 1 rings (SSSR count). The highest BCUT2D eigenvalue weighted by Gasteiger charge is 2.00. The van der Waals surface area contributed by atoms with Crippen LogP contribution >= 0.6 is 0 Å². The summed E-state index contributed by atoms with van der Waals surface area (Å²) < 4.78 is 13.2. The molecule has 0 fully saturated rings. The zero-order valence-electron chi connectivity index (χ0n) is 8.08. The average Bonchev–Trinajstić information content (AvgIpc) is 2.24. The van der Waals surface area contributed by atoms with Crippen LogP contribution in [0.15, 0.2) is 30.0 Å². The van der Waals surface area contributed by atoms with E-state index in [1.807, 2.05) is 6.92 Å². The first-order valence-corrected chi connectivity index (χ1v) is 4.20. The Hall–Kier alpha value is -2.33. The van der Waals surface area contributed by atoms with E-state index in [9.17, 15) is 4.39 Å². The summed E-state index contributed by atoms with van der Waals surface area (Å²) in [5.74, 6) is -0.424. The molecule has 0 atom stereocenters. The molecule has 1 N–H and O–H groups in total. The number of benzene rings is 1. The molecule has 0 aliphatic carbocycles. The number of halogens is 1. The molecule has 0 saturated carbocycles. The van der Waals surface area contributed by atoms with Crippen LogP contribution in [0.25, 0.3) is 0 Å². The van der Waals surface area contributed by atoms with Crippen LogP contribution < -0.4 is 5.32 Å². The van der Waals surface area contributed by atoms with Gasteiger partial charge in [0, 0.05) is 6.20 Å². The van der Waals surface area contributed by atoms with E-state index in [0.717, 1.165) is 5.56 Å². The van der Waals surface area contributed by atoms with Crippen molar-refractivity contribution in [3.05, 3.63) is 41.4 Å². The summed E-state index contributed by atoms with van der Waals surface area (Å²) in [5, 5.41) is 19.5. The van der Waals surface area contributed by atoms with E-state index in [0.29, 0.717) is 0 Å². The lowest BCUT2D eigenvalue weighted by molar-refractivity contribution is 0.631. The van der Waals surface area contributed by atoms with E-state index in [1.54, 1.807) is 24.3 Å². The summed E-state index contributed by atoms with van der Waals surface area (Å²) in [6.45, 7) is 1.82. The van der Waals surface area contributed by atoms with Crippen LogP contribution in [0, 0.1) is 35.4 Å². The fourth-order valence-corrected chi connectivity index (χ4v) is 0.989. The van der Waals surface area contributed by atoms with Crippen LogP contribution in [0.1, 0.15) is 5.56 Å². The van der Waals surface area contributed by atoms with Gasteiger partial charge in [-0.05, 0) is 24.6 Å². The highest BCUT2D eigenvalue weighted by atomic mass is 19.1. The van der Waals surface area contributed by atoms with Crippen molar-refractivity contribution in [1.82, 2.24) is 0 Å². The van der Waals surface area contributed by atoms with Crippen LogP contribution in [-0.4, -0.2) is 0 Å². The minimum Gasteiger partial charge on any atom is -0.357 e. The molecule has 74 valence electrons. The van der Waals surface area contributed by atoms with Crippen molar-refractivity contribution in [2.24, 2.45) is 0 Å². The predicted octanol–water partition coefficient (Wildman–Crippen LogP) is 2.48. The fourth-order valence-electron chi connectivity index (χ4n) is 0.989.